The maximum absolute atomic E-state index is 13.0. The zero-order chi connectivity index (χ0) is 20.9. The Kier molecular flexibility index (Phi) is 6.05. The monoisotopic (exact) mass is 417 g/mol. The summed E-state index contributed by atoms with van der Waals surface area (Å²) in [4.78, 5) is 30.7. The van der Waals surface area contributed by atoms with E-state index in [1.807, 2.05) is 43.3 Å². The highest BCUT2D eigenvalue weighted by Crippen LogP contribution is 2.39. The first-order valence-electron chi connectivity index (χ1n) is 9.97. The minimum absolute atomic E-state index is 0.156. The first kappa shape index (κ1) is 20.0. The van der Waals surface area contributed by atoms with Crippen LogP contribution in [0, 0.1) is 6.92 Å². The number of benzene rings is 1. The molecule has 2 heterocycles. The molecule has 30 heavy (non-hydrogen) atoms. The number of rotatable bonds is 6. The first-order valence-corrected chi connectivity index (χ1v) is 10.8. The Balaban J connectivity index is 1.48. The summed E-state index contributed by atoms with van der Waals surface area (Å²) in [5.41, 5.74) is 4.74. The topological polar surface area (TPSA) is 71.1 Å². The lowest BCUT2D eigenvalue weighted by Crippen LogP contribution is -2.24. The molecule has 2 N–H and O–H groups in total. The molecule has 0 fully saturated rings. The smallest absolute Gasteiger partial charge is 0.254 e. The van der Waals surface area contributed by atoms with Crippen LogP contribution in [0.3, 0.4) is 0 Å². The van der Waals surface area contributed by atoms with Gasteiger partial charge in [0.15, 0.2) is 0 Å². The van der Waals surface area contributed by atoms with Gasteiger partial charge < -0.3 is 10.6 Å². The average molecular weight is 418 g/mol. The summed E-state index contributed by atoms with van der Waals surface area (Å²) in [6.07, 6.45) is 9.59. The average Bonchev–Trinajstić information content (AvgIpc) is 3.33. The number of anilines is 1. The Hall–Kier alpha value is -3.25. The van der Waals surface area contributed by atoms with Gasteiger partial charge in [0.2, 0.25) is 5.91 Å². The van der Waals surface area contributed by atoms with E-state index < -0.39 is 0 Å². The molecule has 0 unspecified atom stereocenters. The number of carbonyl (C=O) groups is 2. The van der Waals surface area contributed by atoms with Crippen LogP contribution in [0.1, 0.15) is 43.9 Å². The number of fused-ring (bicyclic) bond motifs is 1. The van der Waals surface area contributed by atoms with Gasteiger partial charge in [-0.3, -0.25) is 14.6 Å². The van der Waals surface area contributed by atoms with Crippen molar-refractivity contribution >= 4 is 34.2 Å². The summed E-state index contributed by atoms with van der Waals surface area (Å²) in [6.45, 7) is 2.43. The van der Waals surface area contributed by atoms with Crippen LogP contribution in [0.5, 0.6) is 0 Å². The van der Waals surface area contributed by atoms with Crippen molar-refractivity contribution in [2.75, 3.05) is 5.32 Å². The number of pyridine rings is 1. The van der Waals surface area contributed by atoms with Gasteiger partial charge in [-0.2, -0.15) is 0 Å². The molecule has 3 aromatic rings. The third kappa shape index (κ3) is 4.66. The number of nitrogens with zero attached hydrogens (tertiary/aromatic N) is 1. The Morgan fingerprint density at radius 3 is 2.77 bits per heavy atom. The number of carbonyl (C=O) groups excluding carboxylic acids is 2. The number of thiophene rings is 1. The maximum Gasteiger partial charge on any atom is 0.254 e. The lowest BCUT2D eigenvalue weighted by atomic mass is 10.1. The van der Waals surface area contributed by atoms with Gasteiger partial charge in [-0.25, -0.2) is 0 Å². The van der Waals surface area contributed by atoms with Crippen molar-refractivity contribution in [3.8, 4) is 0 Å². The van der Waals surface area contributed by atoms with Crippen molar-refractivity contribution in [3.05, 3.63) is 87.6 Å². The maximum atomic E-state index is 13.0. The molecule has 0 aliphatic heterocycles. The Morgan fingerprint density at radius 1 is 1.17 bits per heavy atom. The number of aromatic nitrogens is 1. The minimum Gasteiger partial charge on any atom is -0.348 e. The van der Waals surface area contributed by atoms with Crippen molar-refractivity contribution in [1.29, 1.82) is 0 Å². The molecule has 4 rings (SSSR count). The highest BCUT2D eigenvalue weighted by molar-refractivity contribution is 7.17. The number of hydrogen-bond acceptors (Lipinski definition) is 4. The fourth-order valence-corrected chi connectivity index (χ4v) is 4.80. The predicted octanol–water partition coefficient (Wildman–Crippen LogP) is 4.52. The van der Waals surface area contributed by atoms with E-state index >= 15 is 0 Å². The standard InChI is InChI=1S/C24H23N3O2S/c1-16-7-9-17(10-8-16)11-12-21(28)27-24-22(19-5-2-6-20(19)30-24)23(29)26-15-18-4-3-13-25-14-18/h3-4,7-14H,2,5-6,15H2,1H3,(H,26,29)(H,27,28)/b12-11+. The van der Waals surface area contributed by atoms with Crippen molar-refractivity contribution in [2.24, 2.45) is 0 Å². The van der Waals surface area contributed by atoms with Gasteiger partial charge in [0.05, 0.1) is 5.56 Å². The molecule has 1 aliphatic carbocycles. The number of hydrogen-bond donors (Lipinski definition) is 2. The summed E-state index contributed by atoms with van der Waals surface area (Å²) in [7, 11) is 0. The lowest BCUT2D eigenvalue weighted by Gasteiger charge is -2.09. The molecular formula is C24H23N3O2S. The van der Waals surface area contributed by atoms with Crippen molar-refractivity contribution in [2.45, 2.75) is 32.7 Å². The molecule has 2 amide bonds. The molecule has 1 aliphatic rings. The van der Waals surface area contributed by atoms with E-state index in [1.165, 1.54) is 27.9 Å². The fourth-order valence-electron chi connectivity index (χ4n) is 3.51. The molecule has 0 saturated carbocycles. The van der Waals surface area contributed by atoms with Crippen molar-refractivity contribution in [3.63, 3.8) is 0 Å². The largest absolute Gasteiger partial charge is 0.348 e. The quantitative estimate of drug-likeness (QED) is 0.579. The van der Waals surface area contributed by atoms with Gasteiger partial charge in [-0.15, -0.1) is 11.3 Å². The number of nitrogens with one attached hydrogen (secondary N) is 2. The van der Waals surface area contributed by atoms with Gasteiger partial charge in [-0.1, -0.05) is 35.9 Å². The SMILES string of the molecule is Cc1ccc(/C=C/C(=O)Nc2sc3c(c2C(=O)NCc2cccnc2)CCC3)cc1. The summed E-state index contributed by atoms with van der Waals surface area (Å²) >= 11 is 1.51. The van der Waals surface area contributed by atoms with E-state index in [0.717, 1.165) is 36.0 Å². The third-order valence-electron chi connectivity index (χ3n) is 5.07. The van der Waals surface area contributed by atoms with Gasteiger partial charge in [-0.05, 0) is 55.0 Å². The van der Waals surface area contributed by atoms with Gasteiger partial charge in [0.1, 0.15) is 5.00 Å². The third-order valence-corrected chi connectivity index (χ3v) is 6.27. The second kappa shape index (κ2) is 9.05. The highest BCUT2D eigenvalue weighted by Gasteiger charge is 2.27. The molecule has 0 spiro atoms. The molecule has 152 valence electrons. The van der Waals surface area contributed by atoms with Crippen LogP contribution in [0.2, 0.25) is 0 Å². The summed E-state index contributed by atoms with van der Waals surface area (Å²) in [5, 5.41) is 6.51. The van der Waals surface area contributed by atoms with E-state index in [-0.39, 0.29) is 11.8 Å². The van der Waals surface area contributed by atoms with Crippen LogP contribution in [0.15, 0.2) is 54.9 Å². The van der Waals surface area contributed by atoms with E-state index in [9.17, 15) is 9.59 Å². The highest BCUT2D eigenvalue weighted by atomic mass is 32.1. The lowest BCUT2D eigenvalue weighted by molar-refractivity contribution is -0.111. The van der Waals surface area contributed by atoms with E-state index in [4.69, 9.17) is 0 Å². The second-order valence-corrected chi connectivity index (χ2v) is 8.44. The van der Waals surface area contributed by atoms with Crippen molar-refractivity contribution in [1.82, 2.24) is 10.3 Å². The normalized spacial score (nSPS) is 12.7. The zero-order valence-corrected chi connectivity index (χ0v) is 17.6. The van der Waals surface area contributed by atoms with Gasteiger partial charge in [0.25, 0.3) is 5.91 Å². The molecule has 5 nitrogen and oxygen atoms in total. The van der Waals surface area contributed by atoms with Gasteiger partial charge in [0, 0.05) is 29.9 Å². The summed E-state index contributed by atoms with van der Waals surface area (Å²) < 4.78 is 0. The number of aryl methyl sites for hydroxylation is 2. The Morgan fingerprint density at radius 2 is 2.00 bits per heavy atom. The van der Waals surface area contributed by atoms with Crippen LogP contribution in [-0.4, -0.2) is 16.8 Å². The van der Waals surface area contributed by atoms with Crippen LogP contribution >= 0.6 is 11.3 Å². The van der Waals surface area contributed by atoms with E-state index in [0.29, 0.717) is 17.1 Å². The molecule has 0 atom stereocenters. The van der Waals surface area contributed by atoms with Crippen LogP contribution in [-0.2, 0) is 24.2 Å². The molecule has 6 heteroatoms. The molecule has 2 aromatic heterocycles. The molecule has 0 saturated heterocycles. The Labute approximate surface area is 179 Å². The Bertz CT molecular complexity index is 1090. The van der Waals surface area contributed by atoms with Crippen LogP contribution < -0.4 is 10.6 Å². The predicted molar refractivity (Wildman–Crippen MR) is 121 cm³/mol. The number of amides is 2. The molecular weight excluding hydrogens is 394 g/mol. The second-order valence-electron chi connectivity index (χ2n) is 7.34. The molecule has 0 bridgehead atoms. The van der Waals surface area contributed by atoms with E-state index in [2.05, 4.69) is 15.6 Å². The zero-order valence-electron chi connectivity index (χ0n) is 16.8. The van der Waals surface area contributed by atoms with Crippen LogP contribution in [0.25, 0.3) is 6.08 Å². The molecule has 1 aromatic carbocycles. The fraction of sp³-hybridized carbons (Fsp3) is 0.208. The van der Waals surface area contributed by atoms with E-state index in [1.54, 1.807) is 18.5 Å². The first-order chi connectivity index (χ1) is 14.6. The minimum atomic E-state index is -0.239. The van der Waals surface area contributed by atoms with Crippen molar-refractivity contribution < 1.29 is 9.59 Å². The molecule has 0 radical (unpaired) electrons. The van der Waals surface area contributed by atoms with Crippen LogP contribution in [0.4, 0.5) is 5.00 Å². The summed E-state index contributed by atoms with van der Waals surface area (Å²) in [6, 6.07) is 11.7. The van der Waals surface area contributed by atoms with Gasteiger partial charge >= 0.3 is 0 Å². The summed E-state index contributed by atoms with van der Waals surface area (Å²) in [5.74, 6) is -0.395.